The van der Waals surface area contributed by atoms with Crippen LogP contribution >= 0.6 is 0 Å². The average Bonchev–Trinajstić information content (AvgIpc) is 3.14. The summed E-state index contributed by atoms with van der Waals surface area (Å²) in [4.78, 5) is 12.6. The van der Waals surface area contributed by atoms with Gasteiger partial charge in [-0.25, -0.2) is 13.5 Å². The molecule has 188 valence electrons. The second kappa shape index (κ2) is 9.17. The number of rotatable bonds is 7. The van der Waals surface area contributed by atoms with Gasteiger partial charge < -0.3 is 21.3 Å². The number of para-hydroxylation sites is 1. The third-order valence-electron chi connectivity index (χ3n) is 5.62. The number of anilines is 1. The highest BCUT2D eigenvalue weighted by Crippen LogP contribution is 2.43. The molecule has 0 saturated carbocycles. The van der Waals surface area contributed by atoms with Crippen LogP contribution in [0.4, 0.5) is 27.8 Å². The van der Waals surface area contributed by atoms with Gasteiger partial charge in [-0.05, 0) is 42.2 Å². The van der Waals surface area contributed by atoms with Crippen LogP contribution < -0.4 is 11.1 Å². The quantitative estimate of drug-likeness (QED) is 0.370. The molecule has 0 spiro atoms. The number of nitrogens with zero attached hydrogens (tertiary/aromatic N) is 2. The van der Waals surface area contributed by atoms with Gasteiger partial charge in [0.1, 0.15) is 34.5 Å². The number of phenols is 1. The summed E-state index contributed by atoms with van der Waals surface area (Å²) in [5, 5.41) is 26.4. The van der Waals surface area contributed by atoms with Gasteiger partial charge in [0.05, 0.1) is 12.7 Å². The molecular formula is C23H23F5N4O3. The first-order chi connectivity index (χ1) is 16.2. The van der Waals surface area contributed by atoms with Crippen LogP contribution in [0.5, 0.6) is 5.75 Å². The Balaban J connectivity index is 1.84. The molecule has 1 aromatic heterocycles. The number of carbonyl (C=O) groups is 1. The minimum absolute atomic E-state index is 0.0764. The minimum Gasteiger partial charge on any atom is -0.508 e. The second-order valence-electron chi connectivity index (χ2n) is 8.74. The third kappa shape index (κ3) is 5.21. The molecule has 0 radical (unpaired) electrons. The summed E-state index contributed by atoms with van der Waals surface area (Å²) in [6.45, 7) is 1.30. The van der Waals surface area contributed by atoms with Gasteiger partial charge in [-0.1, -0.05) is 26.0 Å². The molecule has 35 heavy (non-hydrogen) atoms. The van der Waals surface area contributed by atoms with Gasteiger partial charge in [0.25, 0.3) is 5.91 Å². The number of nitrogens with two attached hydrogens (primary N) is 1. The van der Waals surface area contributed by atoms with Crippen LogP contribution in [0.3, 0.4) is 0 Å². The van der Waals surface area contributed by atoms with Gasteiger partial charge >= 0.3 is 6.18 Å². The lowest BCUT2D eigenvalue weighted by atomic mass is 9.74. The largest absolute Gasteiger partial charge is 0.508 e. The summed E-state index contributed by atoms with van der Waals surface area (Å²) >= 11 is 0. The number of hydrogen-bond donors (Lipinski definition) is 4. The highest BCUT2D eigenvalue weighted by atomic mass is 19.4. The van der Waals surface area contributed by atoms with Crippen molar-refractivity contribution in [1.29, 1.82) is 0 Å². The lowest BCUT2D eigenvalue weighted by Gasteiger charge is -2.38. The molecule has 7 nitrogen and oxygen atoms in total. The molecule has 1 heterocycles. The van der Waals surface area contributed by atoms with Gasteiger partial charge in [-0.3, -0.25) is 4.79 Å². The van der Waals surface area contributed by atoms with Crippen molar-refractivity contribution in [2.75, 3.05) is 12.3 Å². The number of aliphatic hydroxyl groups is 1. The minimum atomic E-state index is -5.20. The van der Waals surface area contributed by atoms with Crippen molar-refractivity contribution in [3.8, 4) is 11.4 Å². The highest BCUT2D eigenvalue weighted by Gasteiger charge is 2.56. The van der Waals surface area contributed by atoms with Crippen LogP contribution in [0.15, 0.2) is 48.7 Å². The lowest BCUT2D eigenvalue weighted by molar-refractivity contribution is -0.263. The van der Waals surface area contributed by atoms with Crippen molar-refractivity contribution in [3.05, 3.63) is 71.4 Å². The van der Waals surface area contributed by atoms with Crippen LogP contribution in [0.1, 0.15) is 36.2 Å². The van der Waals surface area contributed by atoms with Crippen molar-refractivity contribution in [3.63, 3.8) is 0 Å². The van der Waals surface area contributed by atoms with Crippen LogP contribution in [0.25, 0.3) is 5.69 Å². The van der Waals surface area contributed by atoms with Gasteiger partial charge in [0.15, 0.2) is 5.60 Å². The summed E-state index contributed by atoms with van der Waals surface area (Å²) in [6, 6.07) is 8.22. The molecule has 0 fully saturated rings. The fraction of sp³-hybridized carbons (Fsp3) is 0.304. The number of halogens is 5. The Morgan fingerprint density at radius 2 is 1.80 bits per heavy atom. The number of aromatic hydroxyl groups is 1. The summed E-state index contributed by atoms with van der Waals surface area (Å²) in [5.74, 6) is -3.33. The number of hydrogen-bond acceptors (Lipinski definition) is 5. The van der Waals surface area contributed by atoms with Crippen molar-refractivity contribution < 1.29 is 37.0 Å². The summed E-state index contributed by atoms with van der Waals surface area (Å²) < 4.78 is 70.4. The van der Waals surface area contributed by atoms with E-state index in [1.807, 2.05) is 5.32 Å². The summed E-state index contributed by atoms with van der Waals surface area (Å²) in [6.07, 6.45) is -5.27. The SMILES string of the molecule is CC(C)(CC(O)(CNC(=O)c1cnn(-c2ccccc2F)c1N)C(F)(F)F)c1cc(F)ccc1O. The van der Waals surface area contributed by atoms with Crippen molar-refractivity contribution in [2.24, 2.45) is 0 Å². The lowest BCUT2D eigenvalue weighted by Crippen LogP contribution is -2.56. The molecule has 0 aliphatic carbocycles. The first-order valence-electron chi connectivity index (χ1n) is 10.3. The van der Waals surface area contributed by atoms with E-state index < -0.39 is 53.4 Å². The molecule has 2 aromatic carbocycles. The Hall–Kier alpha value is -3.67. The van der Waals surface area contributed by atoms with Gasteiger partial charge in [0, 0.05) is 5.56 Å². The summed E-state index contributed by atoms with van der Waals surface area (Å²) in [5.41, 5.74) is 0.286. The molecule has 1 unspecified atom stereocenters. The number of nitrogens with one attached hydrogen (secondary N) is 1. The van der Waals surface area contributed by atoms with E-state index in [1.165, 1.54) is 32.0 Å². The number of amides is 1. The molecule has 3 rings (SSSR count). The number of phenolic OH excluding ortho intramolecular Hbond substituents is 1. The first-order valence-corrected chi connectivity index (χ1v) is 10.3. The van der Waals surface area contributed by atoms with Crippen LogP contribution in [0, 0.1) is 11.6 Å². The van der Waals surface area contributed by atoms with Gasteiger partial charge in [0.2, 0.25) is 0 Å². The van der Waals surface area contributed by atoms with Crippen LogP contribution in [-0.2, 0) is 5.41 Å². The average molecular weight is 498 g/mol. The van der Waals surface area contributed by atoms with E-state index in [0.717, 1.165) is 35.1 Å². The Bertz CT molecular complexity index is 1240. The predicted octanol–water partition coefficient (Wildman–Crippen LogP) is 3.83. The molecule has 5 N–H and O–H groups in total. The Morgan fingerprint density at radius 3 is 2.43 bits per heavy atom. The molecule has 1 atom stereocenters. The topological polar surface area (TPSA) is 113 Å². The fourth-order valence-corrected chi connectivity index (χ4v) is 3.81. The normalized spacial score (nSPS) is 13.9. The maximum atomic E-state index is 14.0. The fourth-order valence-electron chi connectivity index (χ4n) is 3.81. The Labute approximate surface area is 197 Å². The zero-order chi connectivity index (χ0) is 26.2. The Morgan fingerprint density at radius 1 is 1.14 bits per heavy atom. The van der Waals surface area contributed by atoms with Crippen molar-refractivity contribution in [1.82, 2.24) is 15.1 Å². The maximum Gasteiger partial charge on any atom is 0.418 e. The second-order valence-corrected chi connectivity index (χ2v) is 8.74. The molecule has 1 amide bonds. The van der Waals surface area contributed by atoms with Gasteiger partial charge in [-0.2, -0.15) is 18.3 Å². The number of benzene rings is 2. The van der Waals surface area contributed by atoms with E-state index in [-0.39, 0.29) is 22.6 Å². The highest BCUT2D eigenvalue weighted by molar-refractivity contribution is 5.98. The predicted molar refractivity (Wildman–Crippen MR) is 117 cm³/mol. The first kappa shape index (κ1) is 25.9. The van der Waals surface area contributed by atoms with Crippen LogP contribution in [-0.4, -0.2) is 44.2 Å². The molecule has 0 saturated heterocycles. The van der Waals surface area contributed by atoms with E-state index in [4.69, 9.17) is 5.73 Å². The standard InChI is InChI=1S/C23H23F5N4O3/c1-21(2,15-9-13(24)7-8-18(15)33)11-22(35,23(26,27)28)12-30-20(34)14-10-31-32(19(14)29)17-6-4-3-5-16(17)25/h3-10,33,35H,11-12,29H2,1-2H3,(H,30,34). The van der Waals surface area contributed by atoms with E-state index in [1.54, 1.807) is 0 Å². The number of aromatic nitrogens is 2. The molecular weight excluding hydrogens is 475 g/mol. The maximum absolute atomic E-state index is 14.0. The molecule has 0 aliphatic heterocycles. The van der Waals surface area contributed by atoms with Gasteiger partial charge in [-0.15, -0.1) is 0 Å². The smallest absolute Gasteiger partial charge is 0.418 e. The van der Waals surface area contributed by atoms with Crippen LogP contribution in [0.2, 0.25) is 0 Å². The zero-order valence-electron chi connectivity index (χ0n) is 18.7. The molecule has 0 aliphatic rings. The summed E-state index contributed by atoms with van der Waals surface area (Å²) in [7, 11) is 0. The van der Waals surface area contributed by atoms with Crippen molar-refractivity contribution >= 4 is 11.7 Å². The monoisotopic (exact) mass is 498 g/mol. The van der Waals surface area contributed by atoms with E-state index in [0.29, 0.717) is 0 Å². The Kier molecular flexibility index (Phi) is 6.80. The zero-order valence-corrected chi connectivity index (χ0v) is 18.7. The number of alkyl halides is 3. The molecule has 3 aromatic rings. The van der Waals surface area contributed by atoms with E-state index >= 15 is 0 Å². The number of carbonyl (C=O) groups excluding carboxylic acids is 1. The molecule has 0 bridgehead atoms. The number of nitrogen functional groups attached to an aromatic ring is 1. The van der Waals surface area contributed by atoms with Crippen molar-refractivity contribution in [2.45, 2.75) is 37.5 Å². The van der Waals surface area contributed by atoms with E-state index in [2.05, 4.69) is 5.10 Å². The third-order valence-corrected chi connectivity index (χ3v) is 5.62. The van der Waals surface area contributed by atoms with E-state index in [9.17, 15) is 37.0 Å². The molecule has 12 heteroatoms.